The van der Waals surface area contributed by atoms with Gasteiger partial charge in [-0.05, 0) is 25.0 Å². The lowest BCUT2D eigenvalue weighted by atomic mass is 9.87. The van der Waals surface area contributed by atoms with Gasteiger partial charge in [0.15, 0.2) is 0 Å². The number of carbonyl (C=O) groups is 1. The second-order valence-corrected chi connectivity index (χ2v) is 6.04. The number of pyridine rings is 1. The summed E-state index contributed by atoms with van der Waals surface area (Å²) in [6.07, 6.45) is 0.109. The first-order valence-corrected chi connectivity index (χ1v) is 7.78. The highest BCUT2D eigenvalue weighted by molar-refractivity contribution is 5.94. The Kier molecular flexibility index (Phi) is 4.30. The third-order valence-corrected chi connectivity index (χ3v) is 4.32. The van der Waals surface area contributed by atoms with Crippen LogP contribution in [-0.2, 0) is 0 Å². The number of rotatable bonds is 2. The van der Waals surface area contributed by atoms with Gasteiger partial charge in [-0.1, -0.05) is 30.3 Å². The van der Waals surface area contributed by atoms with Crippen LogP contribution in [0.5, 0.6) is 0 Å². The summed E-state index contributed by atoms with van der Waals surface area (Å²) < 4.78 is 0. The number of amides is 1. The zero-order chi connectivity index (χ0) is 16.4. The lowest BCUT2D eigenvalue weighted by Gasteiger charge is -2.36. The number of aliphatic hydroxyl groups excluding tert-OH is 1. The summed E-state index contributed by atoms with van der Waals surface area (Å²) >= 11 is 0. The largest absolute Gasteiger partial charge is 0.391 e. The molecule has 120 valence electrons. The number of hydrogen-bond donors (Lipinski definition) is 2. The number of nitrogens with zero attached hydrogens (tertiary/aromatic N) is 1. The van der Waals surface area contributed by atoms with E-state index in [1.54, 1.807) is 17.9 Å². The number of aromatic amines is 1. The molecule has 2 aromatic rings. The van der Waals surface area contributed by atoms with Crippen LogP contribution < -0.4 is 5.56 Å². The van der Waals surface area contributed by atoms with E-state index in [-0.39, 0.29) is 23.9 Å². The molecule has 2 heterocycles. The molecule has 0 spiro atoms. The first kappa shape index (κ1) is 15.5. The van der Waals surface area contributed by atoms with Crippen molar-refractivity contribution < 1.29 is 9.90 Å². The number of piperidine rings is 1. The number of β-amino-alcohol motifs (C(OH)–C–C–N with tert-alkyl or cyclic N) is 1. The van der Waals surface area contributed by atoms with Crippen LogP contribution in [0.3, 0.4) is 0 Å². The van der Waals surface area contributed by atoms with Gasteiger partial charge in [0.1, 0.15) is 0 Å². The molecule has 5 heteroatoms. The number of H-pyrrole nitrogens is 1. The van der Waals surface area contributed by atoms with Gasteiger partial charge in [0.25, 0.3) is 5.91 Å². The molecule has 2 atom stereocenters. The highest BCUT2D eigenvalue weighted by Gasteiger charge is 2.31. The monoisotopic (exact) mass is 312 g/mol. The summed E-state index contributed by atoms with van der Waals surface area (Å²) in [4.78, 5) is 28.3. The molecule has 0 bridgehead atoms. The van der Waals surface area contributed by atoms with Crippen LogP contribution in [0.1, 0.15) is 34.0 Å². The van der Waals surface area contributed by atoms with E-state index in [9.17, 15) is 14.7 Å². The summed E-state index contributed by atoms with van der Waals surface area (Å²) in [6.45, 7) is 2.60. The van der Waals surface area contributed by atoms with Crippen molar-refractivity contribution in [2.24, 2.45) is 0 Å². The van der Waals surface area contributed by atoms with E-state index in [0.717, 1.165) is 5.56 Å². The predicted molar refractivity (Wildman–Crippen MR) is 87.5 cm³/mol. The lowest BCUT2D eigenvalue weighted by molar-refractivity contribution is 0.0382. The Morgan fingerprint density at radius 1 is 1.26 bits per heavy atom. The highest BCUT2D eigenvalue weighted by atomic mass is 16.3. The molecular weight excluding hydrogens is 292 g/mol. The Morgan fingerprint density at radius 2 is 2.00 bits per heavy atom. The van der Waals surface area contributed by atoms with E-state index in [1.807, 2.05) is 30.3 Å². The van der Waals surface area contributed by atoms with Gasteiger partial charge in [0, 0.05) is 36.3 Å². The molecule has 0 unspecified atom stereocenters. The molecule has 1 fully saturated rings. The first-order valence-electron chi connectivity index (χ1n) is 7.78. The minimum Gasteiger partial charge on any atom is -0.391 e. The Labute approximate surface area is 134 Å². The van der Waals surface area contributed by atoms with E-state index in [1.165, 1.54) is 6.07 Å². The first-order chi connectivity index (χ1) is 11.0. The summed E-state index contributed by atoms with van der Waals surface area (Å²) in [5.41, 5.74) is 1.84. The molecule has 1 aromatic heterocycles. The van der Waals surface area contributed by atoms with Crippen LogP contribution in [0.2, 0.25) is 0 Å². The summed E-state index contributed by atoms with van der Waals surface area (Å²) in [5.74, 6) is -0.161. The van der Waals surface area contributed by atoms with Crippen LogP contribution in [0, 0.1) is 6.92 Å². The third-order valence-electron chi connectivity index (χ3n) is 4.32. The molecule has 2 N–H and O–H groups in total. The topological polar surface area (TPSA) is 73.4 Å². The average molecular weight is 312 g/mol. The van der Waals surface area contributed by atoms with Gasteiger partial charge in [-0.15, -0.1) is 0 Å². The molecule has 23 heavy (non-hydrogen) atoms. The molecule has 0 radical (unpaired) electrons. The van der Waals surface area contributed by atoms with Gasteiger partial charge >= 0.3 is 0 Å². The summed E-state index contributed by atoms with van der Waals surface area (Å²) in [5, 5.41) is 10.4. The molecule has 1 amide bonds. The average Bonchev–Trinajstić information content (AvgIpc) is 2.54. The minimum absolute atomic E-state index is 0.0427. The fraction of sp³-hybridized carbons (Fsp3) is 0.333. The van der Waals surface area contributed by atoms with Crippen LogP contribution >= 0.6 is 0 Å². The quantitative estimate of drug-likeness (QED) is 0.886. The number of nitrogens with one attached hydrogen (secondary N) is 1. The standard InChI is InChI=1S/C18H20N2O3/c1-12-9-14(10-17(22)19-12)18(23)20-8-7-15(16(21)11-20)13-5-3-2-4-6-13/h2-6,9-10,15-16,21H,7-8,11H2,1H3,(H,19,22)/t15-,16+/m0/s1. The van der Waals surface area contributed by atoms with Gasteiger partial charge in [-0.2, -0.15) is 0 Å². The maximum atomic E-state index is 12.6. The minimum atomic E-state index is -0.599. The molecule has 1 aromatic carbocycles. The van der Waals surface area contributed by atoms with E-state index in [0.29, 0.717) is 24.2 Å². The van der Waals surface area contributed by atoms with E-state index >= 15 is 0 Å². The molecule has 3 rings (SSSR count). The number of aliphatic hydroxyl groups is 1. The van der Waals surface area contributed by atoms with E-state index in [2.05, 4.69) is 4.98 Å². The van der Waals surface area contributed by atoms with E-state index in [4.69, 9.17) is 0 Å². The highest BCUT2D eigenvalue weighted by Crippen LogP contribution is 2.28. The number of carbonyl (C=O) groups excluding carboxylic acids is 1. The SMILES string of the molecule is Cc1cc(C(=O)N2CC[C@@H](c3ccccc3)[C@H](O)C2)cc(=O)[nH]1. The number of hydrogen-bond acceptors (Lipinski definition) is 3. The van der Waals surface area contributed by atoms with Crippen molar-refractivity contribution in [2.45, 2.75) is 25.4 Å². The lowest BCUT2D eigenvalue weighted by Crippen LogP contribution is -2.45. The molecule has 0 saturated carbocycles. The maximum Gasteiger partial charge on any atom is 0.254 e. The van der Waals surface area contributed by atoms with Crippen molar-refractivity contribution in [1.29, 1.82) is 0 Å². The van der Waals surface area contributed by atoms with E-state index < -0.39 is 6.10 Å². The molecule has 1 aliphatic heterocycles. The van der Waals surface area contributed by atoms with Crippen molar-refractivity contribution >= 4 is 5.91 Å². The fourth-order valence-electron chi connectivity index (χ4n) is 3.19. The Hall–Kier alpha value is -2.40. The zero-order valence-corrected chi connectivity index (χ0v) is 13.0. The summed E-state index contributed by atoms with van der Waals surface area (Å²) in [7, 11) is 0. The van der Waals surface area contributed by atoms with Crippen molar-refractivity contribution in [3.8, 4) is 0 Å². The van der Waals surface area contributed by atoms with Crippen LogP contribution in [0.4, 0.5) is 0 Å². The molecule has 0 aliphatic carbocycles. The second-order valence-electron chi connectivity index (χ2n) is 6.04. The second kappa shape index (κ2) is 6.38. The van der Waals surface area contributed by atoms with Crippen molar-refractivity contribution in [1.82, 2.24) is 9.88 Å². The number of likely N-dealkylation sites (tertiary alicyclic amines) is 1. The van der Waals surface area contributed by atoms with Crippen molar-refractivity contribution in [2.75, 3.05) is 13.1 Å². The number of aromatic nitrogens is 1. The van der Waals surface area contributed by atoms with Gasteiger partial charge in [-0.3, -0.25) is 9.59 Å². The zero-order valence-electron chi connectivity index (χ0n) is 13.0. The molecule has 1 saturated heterocycles. The normalized spacial score (nSPS) is 21.2. The van der Waals surface area contributed by atoms with Crippen molar-refractivity contribution in [3.63, 3.8) is 0 Å². The third kappa shape index (κ3) is 3.35. The Balaban J connectivity index is 1.74. The molecular formula is C18H20N2O3. The molecule has 1 aliphatic rings. The van der Waals surface area contributed by atoms with Crippen LogP contribution in [0.25, 0.3) is 0 Å². The van der Waals surface area contributed by atoms with Gasteiger partial charge in [0.2, 0.25) is 5.56 Å². The summed E-state index contributed by atoms with van der Waals surface area (Å²) in [6, 6.07) is 12.8. The van der Waals surface area contributed by atoms with Gasteiger partial charge < -0.3 is 15.0 Å². The maximum absolute atomic E-state index is 12.6. The van der Waals surface area contributed by atoms with Crippen LogP contribution in [-0.4, -0.2) is 40.1 Å². The van der Waals surface area contributed by atoms with Gasteiger partial charge in [0.05, 0.1) is 6.10 Å². The number of benzene rings is 1. The van der Waals surface area contributed by atoms with Crippen molar-refractivity contribution in [3.05, 3.63) is 69.6 Å². The number of aryl methyl sites for hydroxylation is 1. The Bertz CT molecular complexity index is 754. The van der Waals surface area contributed by atoms with Crippen LogP contribution in [0.15, 0.2) is 47.3 Å². The van der Waals surface area contributed by atoms with Gasteiger partial charge in [-0.25, -0.2) is 0 Å². The Morgan fingerprint density at radius 3 is 2.65 bits per heavy atom. The molecule has 5 nitrogen and oxygen atoms in total. The fourth-order valence-corrected chi connectivity index (χ4v) is 3.19. The smallest absolute Gasteiger partial charge is 0.254 e. The predicted octanol–water partition coefficient (Wildman–Crippen LogP) is 1.67.